The molecular weight excluding hydrogens is 551 g/mol. The maximum absolute atomic E-state index is 14.1. The van der Waals surface area contributed by atoms with E-state index >= 15 is 0 Å². The molecule has 212 valence electrons. The van der Waals surface area contributed by atoms with Gasteiger partial charge in [-0.25, -0.2) is 4.39 Å². The zero-order valence-electron chi connectivity index (χ0n) is 23.4. The third-order valence-corrected chi connectivity index (χ3v) is 7.78. The Hall–Kier alpha value is -2.52. The Labute approximate surface area is 235 Å². The fourth-order valence-electron chi connectivity index (χ4n) is 4.73. The minimum atomic E-state index is -1.37. The second kappa shape index (κ2) is 15.8. The van der Waals surface area contributed by atoms with Crippen LogP contribution in [0.15, 0.2) is 48.0 Å². The van der Waals surface area contributed by atoms with Crippen molar-refractivity contribution >= 4 is 33.7 Å². The van der Waals surface area contributed by atoms with Crippen LogP contribution in [0.5, 0.6) is 0 Å². The molecule has 0 aliphatic heterocycles. The van der Waals surface area contributed by atoms with Crippen molar-refractivity contribution in [2.45, 2.75) is 64.0 Å². The molecule has 1 unspecified atom stereocenters. The first-order valence-corrected chi connectivity index (χ1v) is 13.8. The molecule has 0 saturated heterocycles. The van der Waals surface area contributed by atoms with Crippen LogP contribution in [0, 0.1) is 17.7 Å². The van der Waals surface area contributed by atoms with Gasteiger partial charge in [0.25, 0.3) is 0 Å². The number of hydrogen-bond donors (Lipinski definition) is 2. The minimum absolute atomic E-state index is 0.0632. The van der Waals surface area contributed by atoms with E-state index in [4.69, 9.17) is 5.73 Å². The van der Waals surface area contributed by atoms with E-state index in [-0.39, 0.29) is 30.6 Å². The number of unbranched alkanes of at least 4 members (excludes halogenated alkanes) is 2. The van der Waals surface area contributed by atoms with Gasteiger partial charge in [0.2, 0.25) is 17.7 Å². The maximum Gasteiger partial charge on any atom is 0.245 e. The summed E-state index contributed by atoms with van der Waals surface area (Å²) < 4.78 is 14.8. The average Bonchev–Trinajstić information content (AvgIpc) is 2.87. The van der Waals surface area contributed by atoms with Crippen LogP contribution in [0.2, 0.25) is 0 Å². The fourth-order valence-corrected chi connectivity index (χ4v) is 5.13. The van der Waals surface area contributed by atoms with E-state index in [2.05, 4.69) is 34.4 Å². The number of halogens is 2. The summed E-state index contributed by atoms with van der Waals surface area (Å²) in [5.41, 5.74) is 5.04. The summed E-state index contributed by atoms with van der Waals surface area (Å²) in [6.07, 6.45) is 6.51. The smallest absolute Gasteiger partial charge is 0.245 e. The van der Waals surface area contributed by atoms with E-state index in [0.717, 1.165) is 19.3 Å². The number of benzene rings is 1. The molecule has 0 spiro atoms. The van der Waals surface area contributed by atoms with Crippen LogP contribution >= 0.6 is 15.9 Å². The van der Waals surface area contributed by atoms with Crippen LogP contribution in [-0.4, -0.2) is 66.8 Å². The predicted octanol–water partition coefficient (Wildman–Crippen LogP) is 4.45. The second-order valence-electron chi connectivity index (χ2n) is 10.2. The van der Waals surface area contributed by atoms with Gasteiger partial charge in [-0.05, 0) is 68.8 Å². The van der Waals surface area contributed by atoms with E-state index in [1.165, 1.54) is 17.0 Å². The van der Waals surface area contributed by atoms with Gasteiger partial charge in [-0.2, -0.15) is 0 Å². The van der Waals surface area contributed by atoms with Crippen LogP contribution in [0.25, 0.3) is 0 Å². The lowest BCUT2D eigenvalue weighted by molar-refractivity contribution is -0.150. The quantitative estimate of drug-likeness (QED) is 0.206. The molecule has 0 fully saturated rings. The van der Waals surface area contributed by atoms with Crippen LogP contribution in [0.1, 0.15) is 51.5 Å². The lowest BCUT2D eigenvalue weighted by Crippen LogP contribution is -2.64. The molecule has 3 N–H and O–H groups in total. The van der Waals surface area contributed by atoms with E-state index in [9.17, 15) is 18.8 Å². The lowest BCUT2D eigenvalue weighted by Gasteiger charge is -2.41. The van der Waals surface area contributed by atoms with Crippen molar-refractivity contribution in [1.82, 2.24) is 15.1 Å². The molecule has 1 aromatic carbocycles. The number of allylic oxidation sites excluding steroid dienone is 1. The van der Waals surface area contributed by atoms with Crippen molar-refractivity contribution in [3.8, 4) is 0 Å². The number of rotatable bonds is 17. The molecule has 7 nitrogen and oxygen atoms in total. The van der Waals surface area contributed by atoms with E-state index in [0.29, 0.717) is 23.0 Å². The summed E-state index contributed by atoms with van der Waals surface area (Å²) in [6.45, 7) is 11.9. The van der Waals surface area contributed by atoms with Gasteiger partial charge >= 0.3 is 0 Å². The highest BCUT2D eigenvalue weighted by molar-refractivity contribution is 9.10. The molecule has 0 aromatic heterocycles. The number of nitrogens with one attached hydrogen (secondary N) is 1. The van der Waals surface area contributed by atoms with Gasteiger partial charge < -0.3 is 20.9 Å². The Morgan fingerprint density at radius 3 is 2.34 bits per heavy atom. The maximum atomic E-state index is 14.1. The van der Waals surface area contributed by atoms with E-state index in [1.807, 2.05) is 19.9 Å². The number of hydrogen-bond acceptors (Lipinski definition) is 4. The third-order valence-electron chi connectivity index (χ3n) is 7.00. The normalized spacial score (nSPS) is 14.3. The molecule has 9 heteroatoms. The summed E-state index contributed by atoms with van der Waals surface area (Å²) in [4.78, 5) is 43.7. The Balaban J connectivity index is 3.52. The van der Waals surface area contributed by atoms with Crippen LogP contribution in [0.4, 0.5) is 4.39 Å². The summed E-state index contributed by atoms with van der Waals surface area (Å²) >= 11 is 3.45. The van der Waals surface area contributed by atoms with Gasteiger partial charge in [-0.3, -0.25) is 14.4 Å². The topological polar surface area (TPSA) is 95.7 Å². The molecule has 0 radical (unpaired) electrons. The Morgan fingerprint density at radius 2 is 1.82 bits per heavy atom. The van der Waals surface area contributed by atoms with Crippen molar-refractivity contribution < 1.29 is 18.8 Å². The molecule has 0 heterocycles. The number of nitrogens with zero attached hydrogens (tertiary/aromatic N) is 2. The number of carbonyl (C=O) groups is 3. The zero-order valence-corrected chi connectivity index (χ0v) is 25.0. The van der Waals surface area contributed by atoms with Crippen molar-refractivity contribution in [3.63, 3.8) is 0 Å². The summed E-state index contributed by atoms with van der Waals surface area (Å²) in [5.74, 6) is -2.54. The van der Waals surface area contributed by atoms with Crippen LogP contribution in [0.3, 0.4) is 0 Å². The first-order chi connectivity index (χ1) is 17.9. The Bertz CT molecular complexity index is 987. The fraction of sp³-hybridized carbons (Fsp3) is 0.552. The third kappa shape index (κ3) is 8.76. The predicted molar refractivity (Wildman–Crippen MR) is 155 cm³/mol. The summed E-state index contributed by atoms with van der Waals surface area (Å²) in [5, 5.41) is 3.00. The minimum Gasteiger partial charge on any atom is -0.368 e. The number of likely N-dealkylation sites (N-methyl/N-ethyl adjacent to an activating group) is 3. The Kier molecular flexibility index (Phi) is 13.9. The summed E-state index contributed by atoms with van der Waals surface area (Å²) in [6, 6.07) is 3.34. The highest BCUT2D eigenvalue weighted by Crippen LogP contribution is 2.31. The van der Waals surface area contributed by atoms with E-state index < -0.39 is 29.2 Å². The van der Waals surface area contributed by atoms with Crippen LogP contribution < -0.4 is 11.1 Å². The average molecular weight is 596 g/mol. The molecule has 3 atom stereocenters. The summed E-state index contributed by atoms with van der Waals surface area (Å²) in [7, 11) is 4.86. The molecular formula is C29H44BrFN4O3. The highest BCUT2D eigenvalue weighted by Gasteiger charge is 2.48. The molecule has 1 aromatic rings. The molecule has 3 amide bonds. The second-order valence-corrected chi connectivity index (χ2v) is 11.1. The van der Waals surface area contributed by atoms with Crippen molar-refractivity contribution in [1.29, 1.82) is 0 Å². The molecule has 0 bridgehead atoms. The largest absolute Gasteiger partial charge is 0.368 e. The SMILES string of the molecule is C=CCCCCN(C)C(=O)[C@H](Cc1cc(F)ccc1Br)N(C)C(=O)[C@@H](CC(C)C)C(CC=C)(NC)C(N)=O. The van der Waals surface area contributed by atoms with Gasteiger partial charge in [0.1, 0.15) is 17.4 Å². The first kappa shape index (κ1) is 33.5. The Morgan fingerprint density at radius 1 is 1.16 bits per heavy atom. The van der Waals surface area contributed by atoms with Gasteiger partial charge in [0.15, 0.2) is 0 Å². The lowest BCUT2D eigenvalue weighted by atomic mass is 9.75. The molecule has 38 heavy (non-hydrogen) atoms. The van der Waals surface area contributed by atoms with Gasteiger partial charge in [-0.1, -0.05) is 41.9 Å². The van der Waals surface area contributed by atoms with Crippen molar-refractivity contribution in [2.75, 3.05) is 27.7 Å². The van der Waals surface area contributed by atoms with Crippen molar-refractivity contribution in [3.05, 3.63) is 59.4 Å². The van der Waals surface area contributed by atoms with Crippen molar-refractivity contribution in [2.24, 2.45) is 17.6 Å². The molecule has 1 rings (SSSR count). The van der Waals surface area contributed by atoms with E-state index in [1.54, 1.807) is 38.2 Å². The number of primary amides is 1. The highest BCUT2D eigenvalue weighted by atomic mass is 79.9. The van der Waals surface area contributed by atoms with Gasteiger partial charge in [-0.15, -0.1) is 13.2 Å². The van der Waals surface area contributed by atoms with Crippen LogP contribution in [-0.2, 0) is 20.8 Å². The van der Waals surface area contributed by atoms with Gasteiger partial charge in [0, 0.05) is 31.5 Å². The molecule has 0 saturated carbocycles. The molecule has 0 aliphatic rings. The molecule has 0 aliphatic carbocycles. The number of amides is 3. The first-order valence-electron chi connectivity index (χ1n) is 13.0. The standard InChI is InChI=1S/C29H44BrFN4O3/c1-8-10-11-12-16-34(6)27(37)25(19-21-18-22(31)13-14-24(21)30)35(7)26(36)23(17-20(3)4)29(33-5,15-9-2)28(32)38/h8-9,13-14,18,20,23,25,33H,1-2,10-12,15-17,19H2,3-7H3,(H2,32,38)/t23-,25+,29?/m1/s1. The van der Waals surface area contributed by atoms with Gasteiger partial charge in [0.05, 0.1) is 5.92 Å². The number of nitrogens with two attached hydrogens (primary N) is 1. The zero-order chi connectivity index (χ0) is 29.0. The monoisotopic (exact) mass is 594 g/mol. The number of carbonyl (C=O) groups excluding carboxylic acids is 3.